The van der Waals surface area contributed by atoms with Gasteiger partial charge in [-0.2, -0.15) is 0 Å². The third kappa shape index (κ3) is 4.39. The molecule has 0 aliphatic carbocycles. The molecule has 0 heterocycles. The molecule has 86 valence electrons. The predicted molar refractivity (Wildman–Crippen MR) is 65.7 cm³/mol. The van der Waals surface area contributed by atoms with Crippen molar-refractivity contribution in [2.75, 3.05) is 0 Å². The predicted octanol–water partition coefficient (Wildman–Crippen LogP) is 3.42. The SMILES string of the molecule is [C](OCc1ccccc1)OCc1ccccc1. The molecule has 0 N–H and O–H groups in total. The zero-order valence-electron chi connectivity index (χ0n) is 9.50. The normalized spacial score (nSPS) is 10.4. The van der Waals surface area contributed by atoms with Gasteiger partial charge in [-0.25, -0.2) is 0 Å². The molecular weight excluding hydrogens is 212 g/mol. The second-order valence-electron chi connectivity index (χ2n) is 3.63. The maximum absolute atomic E-state index is 5.17. The van der Waals surface area contributed by atoms with E-state index in [9.17, 15) is 0 Å². The molecule has 2 nitrogen and oxygen atoms in total. The van der Waals surface area contributed by atoms with Crippen molar-refractivity contribution >= 4 is 0 Å². The molecule has 2 radical (unpaired) electrons. The van der Waals surface area contributed by atoms with Crippen LogP contribution in [0.15, 0.2) is 60.7 Å². The van der Waals surface area contributed by atoms with Gasteiger partial charge in [-0.05, 0) is 11.1 Å². The lowest BCUT2D eigenvalue weighted by atomic mass is 10.2. The van der Waals surface area contributed by atoms with E-state index in [1.807, 2.05) is 60.7 Å². The molecule has 0 bridgehead atoms. The summed E-state index contributed by atoms with van der Waals surface area (Å²) in [4.78, 5) is 0. The molecule has 17 heavy (non-hydrogen) atoms. The van der Waals surface area contributed by atoms with Crippen molar-refractivity contribution in [1.29, 1.82) is 0 Å². The Morgan fingerprint density at radius 1 is 0.647 bits per heavy atom. The van der Waals surface area contributed by atoms with Crippen molar-refractivity contribution < 1.29 is 9.47 Å². The van der Waals surface area contributed by atoms with Gasteiger partial charge in [0, 0.05) is 0 Å². The Bertz CT molecular complexity index is 370. The Morgan fingerprint density at radius 2 is 1.06 bits per heavy atom. The molecule has 0 saturated heterocycles. The van der Waals surface area contributed by atoms with Gasteiger partial charge in [0.2, 0.25) is 0 Å². The maximum atomic E-state index is 5.17. The smallest absolute Gasteiger partial charge is 0.292 e. The molecule has 0 amide bonds. The van der Waals surface area contributed by atoms with Gasteiger partial charge in [-0.15, -0.1) is 0 Å². The van der Waals surface area contributed by atoms with Crippen molar-refractivity contribution in [2.45, 2.75) is 13.2 Å². The summed E-state index contributed by atoms with van der Waals surface area (Å²) in [5, 5.41) is 0. The van der Waals surface area contributed by atoms with Gasteiger partial charge >= 0.3 is 0 Å². The Labute approximate surface area is 102 Å². The van der Waals surface area contributed by atoms with E-state index in [0.717, 1.165) is 11.1 Å². The van der Waals surface area contributed by atoms with Crippen molar-refractivity contribution in [3.8, 4) is 0 Å². The molecule has 0 atom stereocenters. The van der Waals surface area contributed by atoms with Gasteiger partial charge in [-0.1, -0.05) is 60.7 Å². The molecule has 2 aromatic rings. The molecule has 0 saturated carbocycles. The fourth-order valence-corrected chi connectivity index (χ4v) is 1.42. The minimum atomic E-state index is 0.482. The van der Waals surface area contributed by atoms with E-state index < -0.39 is 0 Å². The highest BCUT2D eigenvalue weighted by Gasteiger charge is 1.95. The first-order chi connectivity index (χ1) is 8.45. The first kappa shape index (κ1) is 11.8. The van der Waals surface area contributed by atoms with Gasteiger partial charge in [0.25, 0.3) is 6.79 Å². The van der Waals surface area contributed by atoms with Gasteiger partial charge in [0.1, 0.15) is 0 Å². The number of rotatable bonds is 6. The average molecular weight is 226 g/mol. The quantitative estimate of drug-likeness (QED) is 0.703. The molecule has 2 aromatic carbocycles. The van der Waals surface area contributed by atoms with Gasteiger partial charge < -0.3 is 9.47 Å². The van der Waals surface area contributed by atoms with Crippen LogP contribution in [0.3, 0.4) is 0 Å². The zero-order chi connectivity index (χ0) is 11.8. The largest absolute Gasteiger partial charge is 0.336 e. The van der Waals surface area contributed by atoms with E-state index in [-0.39, 0.29) is 0 Å². The first-order valence-electron chi connectivity index (χ1n) is 5.51. The Balaban J connectivity index is 1.61. The summed E-state index contributed by atoms with van der Waals surface area (Å²) in [6, 6.07) is 19.8. The topological polar surface area (TPSA) is 18.5 Å². The third-order valence-electron chi connectivity index (χ3n) is 2.28. The fraction of sp³-hybridized carbons (Fsp3) is 0.133. The van der Waals surface area contributed by atoms with Crippen molar-refractivity contribution in [3.63, 3.8) is 0 Å². The summed E-state index contributed by atoms with van der Waals surface area (Å²) in [5.41, 5.74) is 2.20. The van der Waals surface area contributed by atoms with Crippen LogP contribution in [0.5, 0.6) is 0 Å². The lowest BCUT2D eigenvalue weighted by Gasteiger charge is -2.03. The second-order valence-corrected chi connectivity index (χ2v) is 3.63. The summed E-state index contributed by atoms with van der Waals surface area (Å²) >= 11 is 0. The third-order valence-corrected chi connectivity index (χ3v) is 2.28. The molecule has 0 aliphatic rings. The number of ether oxygens (including phenoxy) is 2. The van der Waals surface area contributed by atoms with Crippen LogP contribution in [0.2, 0.25) is 0 Å². The Hall–Kier alpha value is -1.64. The van der Waals surface area contributed by atoms with Crippen LogP contribution < -0.4 is 0 Å². The summed E-state index contributed by atoms with van der Waals surface area (Å²) in [5.74, 6) is 0. The van der Waals surface area contributed by atoms with Gasteiger partial charge in [-0.3, -0.25) is 0 Å². The van der Waals surface area contributed by atoms with Crippen molar-refractivity contribution in [1.82, 2.24) is 0 Å². The van der Waals surface area contributed by atoms with E-state index in [1.165, 1.54) is 0 Å². The van der Waals surface area contributed by atoms with Crippen LogP contribution in [-0.2, 0) is 22.7 Å². The standard InChI is InChI=1S/C15H14O2/c1-3-7-14(8-4-1)11-16-13-17-12-15-9-5-2-6-10-15/h1-10H,11-12H2. The van der Waals surface area contributed by atoms with Crippen LogP contribution >= 0.6 is 0 Å². The zero-order valence-corrected chi connectivity index (χ0v) is 9.50. The molecule has 0 aromatic heterocycles. The van der Waals surface area contributed by atoms with E-state index in [0.29, 0.717) is 13.2 Å². The van der Waals surface area contributed by atoms with Crippen LogP contribution in [0.25, 0.3) is 0 Å². The van der Waals surface area contributed by atoms with Crippen LogP contribution in [-0.4, -0.2) is 0 Å². The number of hydrogen-bond acceptors (Lipinski definition) is 2. The highest BCUT2D eigenvalue weighted by atomic mass is 16.7. The van der Waals surface area contributed by atoms with Crippen LogP contribution in [0.1, 0.15) is 11.1 Å². The van der Waals surface area contributed by atoms with Crippen molar-refractivity contribution in [3.05, 3.63) is 78.6 Å². The number of hydrogen-bond donors (Lipinski definition) is 0. The minimum Gasteiger partial charge on any atom is -0.336 e. The lowest BCUT2D eigenvalue weighted by molar-refractivity contribution is 0.00502. The number of benzene rings is 2. The molecule has 0 spiro atoms. The maximum Gasteiger partial charge on any atom is 0.292 e. The van der Waals surface area contributed by atoms with E-state index in [4.69, 9.17) is 9.47 Å². The molecule has 0 fully saturated rings. The van der Waals surface area contributed by atoms with E-state index in [2.05, 4.69) is 6.79 Å². The van der Waals surface area contributed by atoms with Gasteiger partial charge in [0.05, 0.1) is 13.2 Å². The Morgan fingerprint density at radius 3 is 1.47 bits per heavy atom. The van der Waals surface area contributed by atoms with Crippen LogP contribution in [0, 0.1) is 6.79 Å². The highest BCUT2D eigenvalue weighted by Crippen LogP contribution is 2.04. The van der Waals surface area contributed by atoms with E-state index >= 15 is 0 Å². The summed E-state index contributed by atoms with van der Waals surface area (Å²) in [7, 11) is 0. The summed E-state index contributed by atoms with van der Waals surface area (Å²) < 4.78 is 10.3. The lowest BCUT2D eigenvalue weighted by Crippen LogP contribution is -1.95. The average Bonchev–Trinajstić information content (AvgIpc) is 2.41. The molecule has 0 unspecified atom stereocenters. The molecule has 0 aliphatic heterocycles. The highest BCUT2D eigenvalue weighted by molar-refractivity contribution is 5.14. The van der Waals surface area contributed by atoms with Crippen LogP contribution in [0.4, 0.5) is 0 Å². The van der Waals surface area contributed by atoms with Gasteiger partial charge in [0.15, 0.2) is 0 Å². The minimum absolute atomic E-state index is 0.482. The summed E-state index contributed by atoms with van der Waals surface area (Å²) in [6.07, 6.45) is 0. The van der Waals surface area contributed by atoms with E-state index in [1.54, 1.807) is 0 Å². The molecular formula is C15H14O2. The monoisotopic (exact) mass is 226 g/mol. The fourth-order valence-electron chi connectivity index (χ4n) is 1.42. The van der Waals surface area contributed by atoms with Crippen molar-refractivity contribution in [2.24, 2.45) is 0 Å². The second kappa shape index (κ2) is 6.84. The first-order valence-corrected chi connectivity index (χ1v) is 5.51. The summed E-state index contributed by atoms with van der Waals surface area (Å²) in [6.45, 7) is 3.45. The molecule has 2 heteroatoms. The Kier molecular flexibility index (Phi) is 4.76. The molecule has 2 rings (SSSR count).